The van der Waals surface area contributed by atoms with Crippen LogP contribution < -0.4 is 5.32 Å². The smallest absolute Gasteiger partial charge is 0.272 e. The van der Waals surface area contributed by atoms with Crippen molar-refractivity contribution in [3.63, 3.8) is 0 Å². The standard InChI is InChI=1S/C19H21N3O3S/c1-3-22(4-2)26(24,25)16-11-9-15(10-12-16)20-19(23)18-13-14-7-5-6-8-17(14)21-18/h5-13,21H,3-4H2,1-2H3,(H,20,23). The Morgan fingerprint density at radius 1 is 1.04 bits per heavy atom. The molecule has 0 bridgehead atoms. The van der Waals surface area contributed by atoms with Gasteiger partial charge in [-0.05, 0) is 36.4 Å². The zero-order chi connectivity index (χ0) is 18.7. The minimum atomic E-state index is -3.50. The van der Waals surface area contributed by atoms with Crippen LogP contribution in [-0.2, 0) is 10.0 Å². The van der Waals surface area contributed by atoms with Crippen LogP contribution >= 0.6 is 0 Å². The number of carbonyl (C=O) groups excluding carboxylic acids is 1. The number of sulfonamides is 1. The van der Waals surface area contributed by atoms with E-state index in [2.05, 4.69) is 10.3 Å². The molecule has 0 spiro atoms. The Labute approximate surface area is 152 Å². The second-order valence-electron chi connectivity index (χ2n) is 5.84. The molecule has 0 saturated heterocycles. The number of rotatable bonds is 6. The summed E-state index contributed by atoms with van der Waals surface area (Å²) in [5, 5.41) is 3.73. The lowest BCUT2D eigenvalue weighted by molar-refractivity contribution is 0.102. The lowest BCUT2D eigenvalue weighted by atomic mass is 10.2. The van der Waals surface area contributed by atoms with Crippen molar-refractivity contribution in [3.8, 4) is 0 Å². The maximum Gasteiger partial charge on any atom is 0.272 e. The number of benzene rings is 2. The highest BCUT2D eigenvalue weighted by Crippen LogP contribution is 2.20. The highest BCUT2D eigenvalue weighted by molar-refractivity contribution is 7.89. The summed E-state index contributed by atoms with van der Waals surface area (Å²) >= 11 is 0. The van der Waals surface area contributed by atoms with Gasteiger partial charge in [-0.25, -0.2) is 8.42 Å². The van der Waals surface area contributed by atoms with Crippen molar-refractivity contribution >= 4 is 32.5 Å². The molecule has 1 heterocycles. The topological polar surface area (TPSA) is 82.3 Å². The fourth-order valence-corrected chi connectivity index (χ4v) is 4.27. The average molecular weight is 371 g/mol. The second kappa shape index (κ2) is 7.31. The van der Waals surface area contributed by atoms with Gasteiger partial charge in [-0.3, -0.25) is 4.79 Å². The molecule has 2 aromatic carbocycles. The molecule has 136 valence electrons. The normalized spacial score (nSPS) is 11.8. The Balaban J connectivity index is 1.77. The van der Waals surface area contributed by atoms with E-state index in [0.29, 0.717) is 24.5 Å². The van der Waals surface area contributed by atoms with Crippen molar-refractivity contribution in [2.24, 2.45) is 0 Å². The first kappa shape index (κ1) is 18.2. The first-order valence-electron chi connectivity index (χ1n) is 8.45. The number of carbonyl (C=O) groups is 1. The molecule has 0 aliphatic carbocycles. The van der Waals surface area contributed by atoms with E-state index >= 15 is 0 Å². The summed E-state index contributed by atoms with van der Waals surface area (Å²) in [7, 11) is -3.50. The molecule has 7 heteroatoms. The van der Waals surface area contributed by atoms with Crippen molar-refractivity contribution in [2.75, 3.05) is 18.4 Å². The largest absolute Gasteiger partial charge is 0.351 e. The third kappa shape index (κ3) is 3.49. The number of hydrogen-bond donors (Lipinski definition) is 2. The number of H-pyrrole nitrogens is 1. The van der Waals surface area contributed by atoms with Gasteiger partial charge in [0.15, 0.2) is 0 Å². The molecule has 2 N–H and O–H groups in total. The van der Waals surface area contributed by atoms with Gasteiger partial charge in [-0.2, -0.15) is 4.31 Å². The van der Waals surface area contributed by atoms with E-state index in [-0.39, 0.29) is 10.8 Å². The van der Waals surface area contributed by atoms with Crippen LogP contribution in [0, 0.1) is 0 Å². The third-order valence-electron chi connectivity index (χ3n) is 4.23. The molecular formula is C19H21N3O3S. The van der Waals surface area contributed by atoms with E-state index in [4.69, 9.17) is 0 Å². The minimum absolute atomic E-state index is 0.213. The van der Waals surface area contributed by atoms with E-state index < -0.39 is 10.0 Å². The van der Waals surface area contributed by atoms with Gasteiger partial charge in [0.05, 0.1) is 4.90 Å². The lowest BCUT2D eigenvalue weighted by Gasteiger charge is -2.18. The van der Waals surface area contributed by atoms with E-state index in [1.54, 1.807) is 32.0 Å². The molecule has 1 amide bonds. The summed E-state index contributed by atoms with van der Waals surface area (Å²) in [4.78, 5) is 15.7. The molecule has 0 radical (unpaired) electrons. The van der Waals surface area contributed by atoms with Crippen LogP contribution in [0.1, 0.15) is 24.3 Å². The number of aromatic amines is 1. The Kier molecular flexibility index (Phi) is 5.11. The summed E-state index contributed by atoms with van der Waals surface area (Å²) in [5.41, 5.74) is 1.87. The fourth-order valence-electron chi connectivity index (χ4n) is 2.82. The molecule has 0 aliphatic heterocycles. The van der Waals surface area contributed by atoms with Crippen molar-refractivity contribution in [2.45, 2.75) is 18.7 Å². The van der Waals surface area contributed by atoms with E-state index in [1.807, 2.05) is 24.3 Å². The Morgan fingerprint density at radius 2 is 1.69 bits per heavy atom. The van der Waals surface area contributed by atoms with Crippen LogP contribution in [0.15, 0.2) is 59.5 Å². The maximum atomic E-state index is 12.5. The van der Waals surface area contributed by atoms with Gasteiger partial charge >= 0.3 is 0 Å². The molecule has 3 rings (SSSR count). The van der Waals surface area contributed by atoms with Crippen LogP contribution in [0.25, 0.3) is 10.9 Å². The molecule has 1 aromatic heterocycles. The minimum Gasteiger partial charge on any atom is -0.351 e. The number of nitrogens with one attached hydrogen (secondary N) is 2. The SMILES string of the molecule is CCN(CC)S(=O)(=O)c1ccc(NC(=O)c2cc3ccccc3[nH]2)cc1. The number of anilines is 1. The van der Waals surface area contributed by atoms with Crippen molar-refractivity contribution in [1.82, 2.24) is 9.29 Å². The van der Waals surface area contributed by atoms with Gasteiger partial charge < -0.3 is 10.3 Å². The number of hydrogen-bond acceptors (Lipinski definition) is 3. The van der Waals surface area contributed by atoms with Gasteiger partial charge in [-0.15, -0.1) is 0 Å². The number of aromatic nitrogens is 1. The Bertz CT molecular complexity index is 987. The van der Waals surface area contributed by atoms with Gasteiger partial charge in [0, 0.05) is 29.7 Å². The van der Waals surface area contributed by atoms with E-state index in [9.17, 15) is 13.2 Å². The maximum absolute atomic E-state index is 12.5. The highest BCUT2D eigenvalue weighted by atomic mass is 32.2. The van der Waals surface area contributed by atoms with Crippen LogP contribution in [0.4, 0.5) is 5.69 Å². The zero-order valence-electron chi connectivity index (χ0n) is 14.7. The molecule has 0 unspecified atom stereocenters. The van der Waals surface area contributed by atoms with Crippen LogP contribution in [0.2, 0.25) is 0 Å². The first-order chi connectivity index (χ1) is 12.5. The van der Waals surface area contributed by atoms with E-state index in [0.717, 1.165) is 10.9 Å². The predicted octanol–water partition coefficient (Wildman–Crippen LogP) is 3.45. The van der Waals surface area contributed by atoms with E-state index in [1.165, 1.54) is 16.4 Å². The molecule has 3 aromatic rings. The van der Waals surface area contributed by atoms with Crippen molar-refractivity contribution in [3.05, 3.63) is 60.3 Å². The van der Waals surface area contributed by atoms with Crippen molar-refractivity contribution < 1.29 is 13.2 Å². The number of nitrogens with zero attached hydrogens (tertiary/aromatic N) is 1. The predicted molar refractivity (Wildman–Crippen MR) is 103 cm³/mol. The van der Waals surface area contributed by atoms with Gasteiger partial charge in [-0.1, -0.05) is 32.0 Å². The molecular weight excluding hydrogens is 350 g/mol. The summed E-state index contributed by atoms with van der Waals surface area (Å²) in [5.74, 6) is -0.277. The molecule has 0 fully saturated rings. The van der Waals surface area contributed by atoms with Crippen LogP contribution in [0.3, 0.4) is 0 Å². The highest BCUT2D eigenvalue weighted by Gasteiger charge is 2.21. The number of amides is 1. The summed E-state index contributed by atoms with van der Waals surface area (Å²) < 4.78 is 26.4. The summed E-state index contributed by atoms with van der Waals surface area (Å²) in [6, 6.07) is 15.6. The van der Waals surface area contributed by atoms with Gasteiger partial charge in [0.1, 0.15) is 5.69 Å². The summed E-state index contributed by atoms with van der Waals surface area (Å²) in [6.45, 7) is 4.43. The molecule has 0 aliphatic rings. The Morgan fingerprint density at radius 3 is 2.31 bits per heavy atom. The van der Waals surface area contributed by atoms with Crippen LogP contribution in [-0.4, -0.2) is 36.7 Å². The fraction of sp³-hybridized carbons (Fsp3) is 0.211. The van der Waals surface area contributed by atoms with Gasteiger partial charge in [0.2, 0.25) is 10.0 Å². The molecule has 0 saturated carbocycles. The Hall–Kier alpha value is -2.64. The summed E-state index contributed by atoms with van der Waals surface area (Å²) in [6.07, 6.45) is 0. The third-order valence-corrected chi connectivity index (χ3v) is 6.29. The number of fused-ring (bicyclic) bond motifs is 1. The average Bonchev–Trinajstić information content (AvgIpc) is 3.07. The molecule has 6 nitrogen and oxygen atoms in total. The number of para-hydroxylation sites is 1. The second-order valence-corrected chi connectivity index (χ2v) is 7.78. The molecule has 26 heavy (non-hydrogen) atoms. The van der Waals surface area contributed by atoms with Crippen LogP contribution in [0.5, 0.6) is 0 Å². The first-order valence-corrected chi connectivity index (χ1v) is 9.89. The lowest BCUT2D eigenvalue weighted by Crippen LogP contribution is -2.30. The quantitative estimate of drug-likeness (QED) is 0.696. The van der Waals surface area contributed by atoms with Gasteiger partial charge in [0.25, 0.3) is 5.91 Å². The van der Waals surface area contributed by atoms with Crippen molar-refractivity contribution in [1.29, 1.82) is 0 Å². The molecule has 0 atom stereocenters. The monoisotopic (exact) mass is 371 g/mol. The zero-order valence-corrected chi connectivity index (χ0v) is 15.5.